The van der Waals surface area contributed by atoms with Crippen molar-refractivity contribution in [3.8, 4) is 17.2 Å². The molecule has 1 unspecified atom stereocenters. The van der Waals surface area contributed by atoms with Crippen LogP contribution in [0.3, 0.4) is 0 Å². The normalized spacial score (nSPS) is 15.9. The summed E-state index contributed by atoms with van der Waals surface area (Å²) in [5.74, 6) is 2.09. The van der Waals surface area contributed by atoms with Crippen molar-refractivity contribution in [1.29, 1.82) is 0 Å². The highest BCUT2D eigenvalue weighted by molar-refractivity contribution is 7.89. The molecule has 3 aromatic carbocycles. The van der Waals surface area contributed by atoms with Crippen LogP contribution in [0, 0.1) is 0 Å². The van der Waals surface area contributed by atoms with Crippen LogP contribution in [0.25, 0.3) is 10.9 Å². The van der Waals surface area contributed by atoms with Gasteiger partial charge < -0.3 is 19.2 Å². The lowest BCUT2D eigenvalue weighted by molar-refractivity contribution is 0.284. The highest BCUT2D eigenvalue weighted by Gasteiger charge is 2.37. The summed E-state index contributed by atoms with van der Waals surface area (Å²) in [5.41, 5.74) is 4.20. The summed E-state index contributed by atoms with van der Waals surface area (Å²) in [6.07, 6.45) is 3.91. The predicted molar refractivity (Wildman–Crippen MR) is 144 cm³/mol. The molecule has 37 heavy (non-hydrogen) atoms. The predicted octanol–water partition coefficient (Wildman–Crippen LogP) is 5.50. The van der Waals surface area contributed by atoms with Crippen molar-refractivity contribution in [2.75, 3.05) is 27.4 Å². The molecule has 0 saturated heterocycles. The van der Waals surface area contributed by atoms with Gasteiger partial charge in [-0.25, -0.2) is 8.42 Å². The summed E-state index contributed by atoms with van der Waals surface area (Å²) in [4.78, 5) is 3.64. The van der Waals surface area contributed by atoms with Crippen molar-refractivity contribution < 1.29 is 22.6 Å². The maximum Gasteiger partial charge on any atom is 0.243 e. The number of sulfonamides is 1. The molecule has 1 aliphatic rings. The zero-order valence-electron chi connectivity index (χ0n) is 21.4. The molecule has 1 aromatic heterocycles. The monoisotopic (exact) mass is 520 g/mol. The molecule has 5 rings (SSSR count). The standard InChI is InChI=1S/C29H32N2O5S/c1-4-36-29-18-25-20(16-28(29)35-3)14-15-31(37(32,33)23-8-6-5-7-9-23)27(25)13-10-21-19-30-26-12-11-22(34-2)17-24(21)26/h5-9,11-12,16-19,27,30H,4,10,13-15H2,1-3H3. The number of hydrogen-bond acceptors (Lipinski definition) is 5. The minimum absolute atomic E-state index is 0.304. The van der Waals surface area contributed by atoms with Crippen LogP contribution in [-0.2, 0) is 22.9 Å². The van der Waals surface area contributed by atoms with Gasteiger partial charge in [-0.05, 0) is 85.3 Å². The number of aromatic amines is 1. The minimum atomic E-state index is -3.71. The largest absolute Gasteiger partial charge is 0.497 e. The van der Waals surface area contributed by atoms with E-state index in [1.165, 1.54) is 0 Å². The van der Waals surface area contributed by atoms with Gasteiger partial charge >= 0.3 is 0 Å². The molecule has 0 saturated carbocycles. The number of benzene rings is 3. The third-order valence-corrected chi connectivity index (χ3v) is 8.97. The first-order valence-corrected chi connectivity index (χ1v) is 13.9. The molecule has 7 nitrogen and oxygen atoms in total. The maximum atomic E-state index is 13.8. The van der Waals surface area contributed by atoms with Crippen molar-refractivity contribution in [2.24, 2.45) is 0 Å². The van der Waals surface area contributed by atoms with E-state index in [0.29, 0.717) is 48.8 Å². The van der Waals surface area contributed by atoms with Gasteiger partial charge in [0.1, 0.15) is 5.75 Å². The molecule has 0 aliphatic carbocycles. The van der Waals surface area contributed by atoms with Crippen molar-refractivity contribution in [1.82, 2.24) is 9.29 Å². The van der Waals surface area contributed by atoms with Gasteiger partial charge in [0.15, 0.2) is 11.5 Å². The average Bonchev–Trinajstić information content (AvgIpc) is 3.33. The van der Waals surface area contributed by atoms with Gasteiger partial charge in [-0.3, -0.25) is 0 Å². The molecule has 194 valence electrons. The maximum absolute atomic E-state index is 13.8. The quantitative estimate of drug-likeness (QED) is 0.315. The van der Waals surface area contributed by atoms with Crippen LogP contribution in [-0.4, -0.2) is 45.1 Å². The molecule has 0 fully saturated rings. The van der Waals surface area contributed by atoms with E-state index >= 15 is 0 Å². The van der Waals surface area contributed by atoms with Gasteiger partial charge in [0.25, 0.3) is 0 Å². The van der Waals surface area contributed by atoms with Gasteiger partial charge in [-0.15, -0.1) is 0 Å². The second kappa shape index (κ2) is 10.5. The van der Waals surface area contributed by atoms with Crippen LogP contribution in [0.15, 0.2) is 71.8 Å². The Hall–Kier alpha value is -3.49. The van der Waals surface area contributed by atoms with E-state index in [2.05, 4.69) is 4.98 Å². The first kappa shape index (κ1) is 25.2. The number of rotatable bonds is 9. The summed E-state index contributed by atoms with van der Waals surface area (Å²) in [6.45, 7) is 2.81. The number of nitrogens with one attached hydrogen (secondary N) is 1. The number of hydrogen-bond donors (Lipinski definition) is 1. The Bertz CT molecular complexity index is 1500. The van der Waals surface area contributed by atoms with Gasteiger partial charge in [-0.1, -0.05) is 18.2 Å². The Kier molecular flexibility index (Phi) is 7.13. The number of fused-ring (bicyclic) bond motifs is 2. The lowest BCUT2D eigenvalue weighted by Gasteiger charge is -2.37. The fourth-order valence-electron chi connectivity index (χ4n) is 5.21. The molecule has 0 amide bonds. The van der Waals surface area contributed by atoms with Crippen LogP contribution in [0.1, 0.15) is 36.1 Å². The van der Waals surface area contributed by atoms with E-state index in [9.17, 15) is 8.42 Å². The SMILES string of the molecule is CCOc1cc2c(cc1OC)CCN(S(=O)(=O)c1ccccc1)C2CCc1c[nH]c2ccc(OC)cc12. The molecule has 1 atom stereocenters. The molecule has 1 aliphatic heterocycles. The molecule has 8 heteroatoms. The summed E-state index contributed by atoms with van der Waals surface area (Å²) < 4.78 is 46.2. The van der Waals surface area contributed by atoms with Gasteiger partial charge in [-0.2, -0.15) is 4.31 Å². The number of aryl methyl sites for hydroxylation is 1. The summed E-state index contributed by atoms with van der Waals surface area (Å²) in [5, 5.41) is 1.08. The molecular weight excluding hydrogens is 488 g/mol. The number of methoxy groups -OCH3 is 2. The summed E-state index contributed by atoms with van der Waals surface area (Å²) >= 11 is 0. The van der Waals surface area contributed by atoms with Crippen molar-refractivity contribution >= 4 is 20.9 Å². The molecule has 0 spiro atoms. The van der Waals surface area contributed by atoms with Crippen LogP contribution < -0.4 is 14.2 Å². The zero-order chi connectivity index (χ0) is 26.0. The average molecular weight is 521 g/mol. The topological polar surface area (TPSA) is 80.9 Å². The number of nitrogens with zero attached hydrogens (tertiary/aromatic N) is 1. The van der Waals surface area contributed by atoms with Crippen LogP contribution in [0.2, 0.25) is 0 Å². The fraction of sp³-hybridized carbons (Fsp3) is 0.310. The second-order valence-electron chi connectivity index (χ2n) is 9.09. The van der Waals surface area contributed by atoms with E-state index in [-0.39, 0.29) is 6.04 Å². The molecule has 0 bridgehead atoms. The van der Waals surface area contributed by atoms with E-state index in [1.54, 1.807) is 42.8 Å². The molecule has 2 heterocycles. The first-order valence-electron chi connectivity index (χ1n) is 12.5. The lowest BCUT2D eigenvalue weighted by atomic mass is 9.90. The number of ether oxygens (including phenoxy) is 3. The van der Waals surface area contributed by atoms with Crippen LogP contribution in [0.5, 0.6) is 17.2 Å². The van der Waals surface area contributed by atoms with Gasteiger partial charge in [0.05, 0.1) is 31.8 Å². The van der Waals surface area contributed by atoms with Crippen molar-refractivity contribution in [3.05, 3.63) is 83.6 Å². The van der Waals surface area contributed by atoms with E-state index in [4.69, 9.17) is 14.2 Å². The highest BCUT2D eigenvalue weighted by Crippen LogP contribution is 2.42. The van der Waals surface area contributed by atoms with Gasteiger partial charge in [0.2, 0.25) is 10.0 Å². The Morgan fingerprint density at radius 1 is 1.00 bits per heavy atom. The van der Waals surface area contributed by atoms with E-state index in [0.717, 1.165) is 33.3 Å². The van der Waals surface area contributed by atoms with Crippen molar-refractivity contribution in [2.45, 2.75) is 37.1 Å². The second-order valence-corrected chi connectivity index (χ2v) is 11.0. The molecule has 4 aromatic rings. The van der Waals surface area contributed by atoms with E-state index in [1.807, 2.05) is 49.5 Å². The van der Waals surface area contributed by atoms with Crippen LogP contribution in [0.4, 0.5) is 0 Å². The zero-order valence-corrected chi connectivity index (χ0v) is 22.2. The third kappa shape index (κ3) is 4.79. The lowest BCUT2D eigenvalue weighted by Crippen LogP contribution is -2.40. The van der Waals surface area contributed by atoms with Gasteiger partial charge in [0, 0.05) is 23.6 Å². The Labute approximate surface area is 218 Å². The van der Waals surface area contributed by atoms with E-state index < -0.39 is 10.0 Å². The molecular formula is C29H32N2O5S. The van der Waals surface area contributed by atoms with Crippen LogP contribution >= 0.6 is 0 Å². The highest BCUT2D eigenvalue weighted by atomic mass is 32.2. The Morgan fingerprint density at radius 2 is 1.81 bits per heavy atom. The fourth-order valence-corrected chi connectivity index (χ4v) is 6.87. The summed E-state index contributed by atoms with van der Waals surface area (Å²) in [7, 11) is -0.423. The molecule has 1 N–H and O–H groups in total. The number of H-pyrrole nitrogens is 1. The Balaban J connectivity index is 1.56. The Morgan fingerprint density at radius 3 is 2.54 bits per heavy atom. The number of aromatic nitrogens is 1. The molecule has 0 radical (unpaired) electrons. The minimum Gasteiger partial charge on any atom is -0.497 e. The van der Waals surface area contributed by atoms with Crippen molar-refractivity contribution in [3.63, 3.8) is 0 Å². The first-order chi connectivity index (χ1) is 18.0. The smallest absolute Gasteiger partial charge is 0.243 e. The summed E-state index contributed by atoms with van der Waals surface area (Å²) in [6, 6.07) is 18.2. The third-order valence-electron chi connectivity index (χ3n) is 7.04.